The molecule has 0 aromatic carbocycles. The zero-order chi connectivity index (χ0) is 18.1. The third-order valence-electron chi connectivity index (χ3n) is 4.44. The zero-order valence-electron chi connectivity index (χ0n) is 14.6. The topological polar surface area (TPSA) is 86.9 Å². The van der Waals surface area contributed by atoms with Gasteiger partial charge in [-0.1, -0.05) is 0 Å². The van der Waals surface area contributed by atoms with E-state index in [0.29, 0.717) is 36.6 Å². The summed E-state index contributed by atoms with van der Waals surface area (Å²) in [7, 11) is 3.55. The number of thiazole rings is 1. The van der Waals surface area contributed by atoms with E-state index in [-0.39, 0.29) is 5.56 Å². The first kappa shape index (κ1) is 16.8. The van der Waals surface area contributed by atoms with Gasteiger partial charge >= 0.3 is 0 Å². The van der Waals surface area contributed by atoms with Crippen LogP contribution in [0.25, 0.3) is 0 Å². The average Bonchev–Trinajstić information content (AvgIpc) is 3.00. The fourth-order valence-electron chi connectivity index (χ4n) is 2.91. The Kier molecular flexibility index (Phi) is 4.46. The molecule has 2 atom stereocenters. The van der Waals surface area contributed by atoms with E-state index in [0.717, 1.165) is 17.1 Å². The van der Waals surface area contributed by atoms with Gasteiger partial charge in [0, 0.05) is 49.8 Å². The van der Waals surface area contributed by atoms with Gasteiger partial charge in [-0.15, -0.1) is 16.4 Å². The molecule has 4 rings (SSSR count). The Bertz CT molecular complexity index is 949. The highest BCUT2D eigenvalue weighted by atomic mass is 32.1. The van der Waals surface area contributed by atoms with Crippen molar-refractivity contribution in [1.29, 1.82) is 0 Å². The summed E-state index contributed by atoms with van der Waals surface area (Å²) in [6.07, 6.45) is 4.77. The summed E-state index contributed by atoms with van der Waals surface area (Å²) in [4.78, 5) is 16.4. The number of nitrogens with zero attached hydrogens (tertiary/aromatic N) is 5. The van der Waals surface area contributed by atoms with Crippen LogP contribution >= 0.6 is 11.3 Å². The Morgan fingerprint density at radius 3 is 3.00 bits per heavy atom. The average molecular weight is 372 g/mol. The maximum Gasteiger partial charge on any atom is 0.290 e. The molecule has 3 heterocycles. The molecule has 1 saturated carbocycles. The van der Waals surface area contributed by atoms with Crippen LogP contribution in [0.4, 0.5) is 5.69 Å². The summed E-state index contributed by atoms with van der Waals surface area (Å²) in [5.41, 5.74) is 1.39. The number of anilines is 1. The van der Waals surface area contributed by atoms with Gasteiger partial charge in [0.05, 0.1) is 18.8 Å². The minimum atomic E-state index is -0.188. The molecule has 9 heteroatoms. The van der Waals surface area contributed by atoms with E-state index in [4.69, 9.17) is 4.74 Å². The number of aryl methyl sites for hydroxylation is 2. The highest BCUT2D eigenvalue weighted by molar-refractivity contribution is 7.09. The van der Waals surface area contributed by atoms with Crippen LogP contribution in [-0.4, -0.2) is 31.2 Å². The molecule has 1 N–H and O–H groups in total. The Labute approximate surface area is 154 Å². The molecule has 1 fully saturated rings. The lowest BCUT2D eigenvalue weighted by Crippen LogP contribution is -2.24. The van der Waals surface area contributed by atoms with Crippen molar-refractivity contribution in [3.8, 4) is 5.88 Å². The summed E-state index contributed by atoms with van der Waals surface area (Å²) in [5.74, 6) is 1.34. The lowest BCUT2D eigenvalue weighted by Gasteiger charge is -2.10. The van der Waals surface area contributed by atoms with Crippen LogP contribution in [0.3, 0.4) is 0 Å². The first-order valence-electron chi connectivity index (χ1n) is 8.43. The second-order valence-electron chi connectivity index (χ2n) is 6.43. The predicted octanol–water partition coefficient (Wildman–Crippen LogP) is 1.76. The van der Waals surface area contributed by atoms with E-state index in [9.17, 15) is 4.79 Å². The van der Waals surface area contributed by atoms with Crippen molar-refractivity contribution in [3.05, 3.63) is 51.0 Å². The Hall–Kier alpha value is -2.68. The van der Waals surface area contributed by atoms with Crippen molar-refractivity contribution >= 4 is 17.0 Å². The highest BCUT2D eigenvalue weighted by Gasteiger charge is 2.40. The van der Waals surface area contributed by atoms with Crippen molar-refractivity contribution in [2.75, 3.05) is 11.9 Å². The number of hydrogen-bond acceptors (Lipinski definition) is 7. The van der Waals surface area contributed by atoms with Crippen molar-refractivity contribution in [2.24, 2.45) is 20.0 Å². The molecule has 0 bridgehead atoms. The highest BCUT2D eigenvalue weighted by Crippen LogP contribution is 2.46. The molecule has 1 aliphatic carbocycles. The van der Waals surface area contributed by atoms with Crippen LogP contribution in [0.5, 0.6) is 5.88 Å². The molecule has 0 amide bonds. The molecule has 0 aliphatic heterocycles. The summed E-state index contributed by atoms with van der Waals surface area (Å²) in [5, 5.41) is 14.6. The molecule has 8 nitrogen and oxygen atoms in total. The molecule has 1 aliphatic rings. The van der Waals surface area contributed by atoms with Crippen molar-refractivity contribution in [3.63, 3.8) is 0 Å². The molecule has 0 spiro atoms. The van der Waals surface area contributed by atoms with Crippen LogP contribution < -0.4 is 15.6 Å². The number of aromatic nitrogens is 5. The van der Waals surface area contributed by atoms with Gasteiger partial charge in [-0.05, 0) is 12.5 Å². The summed E-state index contributed by atoms with van der Waals surface area (Å²) in [6, 6.07) is 3.71. The molecule has 26 heavy (non-hydrogen) atoms. The summed E-state index contributed by atoms with van der Waals surface area (Å²) in [6.45, 7) is 1.07. The Balaban J connectivity index is 1.38. The molecule has 3 aromatic heterocycles. The second-order valence-corrected chi connectivity index (χ2v) is 7.41. The molecular weight excluding hydrogens is 352 g/mol. The van der Waals surface area contributed by atoms with E-state index in [1.165, 1.54) is 4.68 Å². The van der Waals surface area contributed by atoms with E-state index >= 15 is 0 Å². The molecule has 0 saturated heterocycles. The van der Waals surface area contributed by atoms with Crippen LogP contribution in [0.1, 0.15) is 23.0 Å². The summed E-state index contributed by atoms with van der Waals surface area (Å²) >= 11 is 1.54. The Morgan fingerprint density at radius 2 is 2.27 bits per heavy atom. The Morgan fingerprint density at radius 1 is 1.38 bits per heavy atom. The van der Waals surface area contributed by atoms with Gasteiger partial charge in [0.15, 0.2) is 0 Å². The number of rotatable bonds is 7. The molecule has 136 valence electrons. The summed E-state index contributed by atoms with van der Waals surface area (Å²) < 4.78 is 8.96. The zero-order valence-corrected chi connectivity index (χ0v) is 15.4. The van der Waals surface area contributed by atoms with Crippen LogP contribution in [0.15, 0.2) is 34.7 Å². The maximum absolute atomic E-state index is 12.2. The monoisotopic (exact) mass is 372 g/mol. The van der Waals surface area contributed by atoms with Crippen molar-refractivity contribution in [1.82, 2.24) is 24.5 Å². The second kappa shape index (κ2) is 6.91. The minimum Gasteiger partial charge on any atom is -0.476 e. The van der Waals surface area contributed by atoms with Crippen LogP contribution in [0, 0.1) is 5.92 Å². The maximum atomic E-state index is 12.2. The number of ether oxygens (including phenoxy) is 1. The minimum absolute atomic E-state index is 0.188. The van der Waals surface area contributed by atoms with Gasteiger partial charge < -0.3 is 10.1 Å². The van der Waals surface area contributed by atoms with Gasteiger partial charge in [0.1, 0.15) is 10.7 Å². The van der Waals surface area contributed by atoms with Gasteiger partial charge in [-0.2, -0.15) is 5.10 Å². The van der Waals surface area contributed by atoms with Gasteiger partial charge in [0.25, 0.3) is 5.56 Å². The van der Waals surface area contributed by atoms with Gasteiger partial charge in [-0.3, -0.25) is 9.48 Å². The SMILES string of the molecule is Cn1ccc([C@@H]2CC2COc2cc(NCc3nccs3)c(=O)n(C)n2)n1. The van der Waals surface area contributed by atoms with Gasteiger partial charge in [-0.25, -0.2) is 9.67 Å². The van der Waals surface area contributed by atoms with Crippen molar-refractivity contribution in [2.45, 2.75) is 18.9 Å². The van der Waals surface area contributed by atoms with E-state index in [2.05, 4.69) is 26.6 Å². The van der Waals surface area contributed by atoms with E-state index in [1.54, 1.807) is 30.6 Å². The normalized spacial score (nSPS) is 18.7. The van der Waals surface area contributed by atoms with E-state index in [1.807, 2.05) is 23.3 Å². The smallest absolute Gasteiger partial charge is 0.290 e. The van der Waals surface area contributed by atoms with Gasteiger partial charge in [0.2, 0.25) is 5.88 Å². The predicted molar refractivity (Wildman–Crippen MR) is 98.5 cm³/mol. The van der Waals surface area contributed by atoms with Crippen LogP contribution in [0.2, 0.25) is 0 Å². The first-order valence-corrected chi connectivity index (χ1v) is 9.31. The fraction of sp³-hybridized carbons (Fsp3) is 0.412. The molecule has 1 unspecified atom stereocenters. The third-order valence-corrected chi connectivity index (χ3v) is 5.22. The molecular formula is C17H20N6O2S. The van der Waals surface area contributed by atoms with Crippen LogP contribution in [-0.2, 0) is 20.6 Å². The quantitative estimate of drug-likeness (QED) is 0.680. The lowest BCUT2D eigenvalue weighted by atomic mass is 10.2. The first-order chi connectivity index (χ1) is 12.6. The largest absolute Gasteiger partial charge is 0.476 e. The lowest BCUT2D eigenvalue weighted by molar-refractivity contribution is 0.278. The number of hydrogen-bond donors (Lipinski definition) is 1. The molecule has 3 aromatic rings. The number of nitrogens with one attached hydrogen (secondary N) is 1. The standard InChI is InChI=1S/C17H20N6O2S/c1-22-5-3-13(20-22)12-7-11(12)10-25-15-8-14(17(24)23(2)21-15)19-9-16-18-4-6-26-16/h3-6,8,11-12,19H,7,9-10H2,1-2H3/t11?,12-/m1/s1. The third kappa shape index (κ3) is 3.62. The van der Waals surface area contributed by atoms with E-state index < -0.39 is 0 Å². The molecule has 0 radical (unpaired) electrons. The fourth-order valence-corrected chi connectivity index (χ4v) is 3.46. The van der Waals surface area contributed by atoms with Crippen molar-refractivity contribution < 1.29 is 4.74 Å².